The molecule has 2 amide bonds. The Morgan fingerprint density at radius 2 is 1.77 bits per heavy atom. The zero-order chi connectivity index (χ0) is 22.3. The molecule has 10 nitrogen and oxygen atoms in total. The van der Waals surface area contributed by atoms with Crippen LogP contribution in [-0.2, 0) is 19.4 Å². The van der Waals surface area contributed by atoms with Gasteiger partial charge in [-0.05, 0) is 49.9 Å². The monoisotopic (exact) mass is 443 g/mol. The Balaban J connectivity index is 2.32. The Hall–Kier alpha value is -2.21. The van der Waals surface area contributed by atoms with Crippen LogP contribution in [0.15, 0.2) is 29.2 Å². The fourth-order valence-electron chi connectivity index (χ4n) is 3.35. The first-order valence-electron chi connectivity index (χ1n) is 9.84. The maximum atomic E-state index is 13.3. The Kier molecular flexibility index (Phi) is 8.59. The second-order valence-corrected chi connectivity index (χ2v) is 9.24. The number of sulfone groups is 1. The summed E-state index contributed by atoms with van der Waals surface area (Å²) in [5.41, 5.74) is 0. The Morgan fingerprint density at radius 3 is 2.27 bits per heavy atom. The minimum Gasteiger partial charge on any atom is -0.497 e. The molecule has 0 radical (unpaired) electrons. The quantitative estimate of drug-likeness (QED) is 0.382. The van der Waals surface area contributed by atoms with E-state index in [2.05, 4.69) is 5.32 Å². The fraction of sp³-hybridized carbons (Fsp3) is 0.579. The molecule has 0 saturated carbocycles. The number of nitrogens with one attached hydrogen (secondary N) is 1. The van der Waals surface area contributed by atoms with E-state index in [0.717, 1.165) is 19.3 Å². The summed E-state index contributed by atoms with van der Waals surface area (Å²) in [6.07, 6.45) is 2.44. The highest BCUT2D eigenvalue weighted by atomic mass is 32.2. The number of carbonyl (C=O) groups excluding carboxylic acids is 2. The summed E-state index contributed by atoms with van der Waals surface area (Å²) in [4.78, 5) is 26.3. The van der Waals surface area contributed by atoms with E-state index < -0.39 is 32.4 Å². The van der Waals surface area contributed by atoms with Crippen LogP contribution in [0, 0.1) is 0 Å². The number of hydrogen-bond donors (Lipinski definition) is 3. The molecular formula is C19H29N3O7S. The van der Waals surface area contributed by atoms with Gasteiger partial charge in [-0.15, -0.1) is 0 Å². The van der Waals surface area contributed by atoms with Gasteiger partial charge in [0.2, 0.25) is 5.91 Å². The van der Waals surface area contributed by atoms with Crippen molar-refractivity contribution in [1.29, 1.82) is 0 Å². The third kappa shape index (κ3) is 5.91. The molecule has 1 saturated heterocycles. The molecule has 3 N–H and O–H groups in total. The summed E-state index contributed by atoms with van der Waals surface area (Å²) in [5, 5.41) is 18.8. The lowest BCUT2D eigenvalue weighted by Crippen LogP contribution is -2.52. The van der Waals surface area contributed by atoms with E-state index in [1.807, 2.05) is 0 Å². The number of amides is 2. The van der Waals surface area contributed by atoms with Crippen molar-refractivity contribution in [3.8, 4) is 5.75 Å². The van der Waals surface area contributed by atoms with Gasteiger partial charge < -0.3 is 9.64 Å². The highest BCUT2D eigenvalue weighted by Gasteiger charge is 2.35. The van der Waals surface area contributed by atoms with Gasteiger partial charge in [0.25, 0.3) is 5.91 Å². The number of likely N-dealkylation sites (tertiary alicyclic amines) is 1. The standard InChI is InChI=1S/C19H29N3O7S/c1-3-16(19(24)22(25)26)20-17(13-18(23)21-11-5-4-6-12-21)30(27,28)15-9-7-14(29-2)8-10-15/h7-10,16-17,20,25-26H,3-6,11-13H2,1-2H3. The molecular weight excluding hydrogens is 414 g/mol. The average Bonchev–Trinajstić information content (AvgIpc) is 2.76. The highest BCUT2D eigenvalue weighted by Crippen LogP contribution is 2.22. The van der Waals surface area contributed by atoms with Crippen molar-refractivity contribution >= 4 is 21.7 Å². The van der Waals surface area contributed by atoms with Gasteiger partial charge in [0.05, 0.1) is 24.5 Å². The van der Waals surface area contributed by atoms with Gasteiger partial charge in [-0.25, -0.2) is 8.42 Å². The second kappa shape index (κ2) is 10.7. The maximum absolute atomic E-state index is 13.3. The molecule has 1 aliphatic heterocycles. The predicted octanol–water partition coefficient (Wildman–Crippen LogP) is 1.17. The largest absolute Gasteiger partial charge is 0.497 e. The van der Waals surface area contributed by atoms with Crippen LogP contribution in [-0.4, -0.2) is 72.4 Å². The molecule has 2 rings (SSSR count). The summed E-state index contributed by atoms with van der Waals surface area (Å²) in [6.45, 7) is 2.71. The molecule has 1 aliphatic rings. The van der Waals surface area contributed by atoms with Crippen LogP contribution < -0.4 is 10.1 Å². The van der Waals surface area contributed by atoms with E-state index in [1.54, 1.807) is 11.8 Å². The Morgan fingerprint density at radius 1 is 1.17 bits per heavy atom. The van der Waals surface area contributed by atoms with Gasteiger partial charge in [-0.2, -0.15) is 0 Å². The van der Waals surface area contributed by atoms with E-state index in [4.69, 9.17) is 15.2 Å². The SMILES string of the molecule is CCC(NC(CC(=O)N1CCCCC1)S(=O)(=O)c1ccc(OC)cc1)C(=O)N(O)O. The second-order valence-electron chi connectivity index (χ2n) is 7.11. The van der Waals surface area contributed by atoms with Crippen molar-refractivity contribution in [3.63, 3.8) is 0 Å². The van der Waals surface area contributed by atoms with Gasteiger partial charge in [0.1, 0.15) is 11.1 Å². The lowest BCUT2D eigenvalue weighted by atomic mass is 10.1. The first-order valence-corrected chi connectivity index (χ1v) is 11.4. The Bertz CT molecular complexity index is 821. The number of benzene rings is 1. The molecule has 1 aromatic carbocycles. The minimum absolute atomic E-state index is 0.0422. The van der Waals surface area contributed by atoms with Crippen molar-refractivity contribution in [3.05, 3.63) is 24.3 Å². The molecule has 11 heteroatoms. The molecule has 1 fully saturated rings. The maximum Gasteiger partial charge on any atom is 0.289 e. The summed E-state index contributed by atoms with van der Waals surface area (Å²) in [5.74, 6) is -0.977. The summed E-state index contributed by atoms with van der Waals surface area (Å²) in [6, 6.07) is 4.50. The van der Waals surface area contributed by atoms with Crippen LogP contribution >= 0.6 is 0 Å². The number of methoxy groups -OCH3 is 1. The van der Waals surface area contributed by atoms with Gasteiger partial charge in [0.15, 0.2) is 9.84 Å². The van der Waals surface area contributed by atoms with Crippen LogP contribution in [0.5, 0.6) is 5.75 Å². The van der Waals surface area contributed by atoms with Crippen LogP contribution in [0.3, 0.4) is 0 Å². The van der Waals surface area contributed by atoms with Crippen LogP contribution in [0.25, 0.3) is 0 Å². The molecule has 0 bridgehead atoms. The van der Waals surface area contributed by atoms with Crippen LogP contribution in [0.1, 0.15) is 39.0 Å². The molecule has 0 spiro atoms. The van der Waals surface area contributed by atoms with Gasteiger partial charge in [-0.1, -0.05) is 12.2 Å². The van der Waals surface area contributed by atoms with E-state index in [-0.39, 0.29) is 23.6 Å². The molecule has 30 heavy (non-hydrogen) atoms. The number of nitrogens with zero attached hydrogens (tertiary/aromatic N) is 2. The number of hydrogen-bond acceptors (Lipinski definition) is 8. The predicted molar refractivity (Wildman–Crippen MR) is 107 cm³/mol. The molecule has 1 heterocycles. The van der Waals surface area contributed by atoms with Gasteiger partial charge >= 0.3 is 0 Å². The number of rotatable bonds is 9. The molecule has 0 aromatic heterocycles. The lowest BCUT2D eigenvalue weighted by Gasteiger charge is -2.30. The average molecular weight is 444 g/mol. The van der Waals surface area contributed by atoms with E-state index in [1.165, 1.54) is 31.4 Å². The number of carbonyl (C=O) groups is 2. The normalized spacial score (nSPS) is 16.6. The van der Waals surface area contributed by atoms with E-state index >= 15 is 0 Å². The van der Waals surface area contributed by atoms with Crippen LogP contribution in [0.2, 0.25) is 0 Å². The zero-order valence-electron chi connectivity index (χ0n) is 17.2. The van der Waals surface area contributed by atoms with Gasteiger partial charge in [-0.3, -0.25) is 25.3 Å². The summed E-state index contributed by atoms with van der Waals surface area (Å²) >= 11 is 0. The van der Waals surface area contributed by atoms with Crippen molar-refractivity contribution < 1.29 is 33.2 Å². The number of hydroxylamine groups is 2. The minimum atomic E-state index is -4.07. The third-order valence-corrected chi connectivity index (χ3v) is 7.10. The van der Waals surface area contributed by atoms with Crippen molar-refractivity contribution in [2.45, 2.75) is 55.3 Å². The van der Waals surface area contributed by atoms with Crippen LogP contribution in [0.4, 0.5) is 0 Å². The molecule has 1 aromatic rings. The number of piperidine rings is 1. The Labute approximate surface area is 176 Å². The first-order chi connectivity index (χ1) is 14.2. The first kappa shape index (κ1) is 24.1. The van der Waals surface area contributed by atoms with Crippen molar-refractivity contribution in [1.82, 2.24) is 15.4 Å². The summed E-state index contributed by atoms with van der Waals surface area (Å²) < 4.78 is 31.6. The fourth-order valence-corrected chi connectivity index (χ4v) is 4.90. The zero-order valence-corrected chi connectivity index (χ0v) is 18.0. The van der Waals surface area contributed by atoms with Crippen molar-refractivity contribution in [2.75, 3.05) is 20.2 Å². The molecule has 168 valence electrons. The topological polar surface area (TPSA) is 136 Å². The third-order valence-electron chi connectivity index (χ3n) is 5.12. The molecule has 2 unspecified atom stereocenters. The van der Waals surface area contributed by atoms with Crippen molar-refractivity contribution in [2.24, 2.45) is 0 Å². The lowest BCUT2D eigenvalue weighted by molar-refractivity contribution is -0.286. The summed E-state index contributed by atoms with van der Waals surface area (Å²) in [7, 11) is -2.62. The van der Waals surface area contributed by atoms with Gasteiger partial charge in [0, 0.05) is 13.1 Å². The van der Waals surface area contributed by atoms with E-state index in [9.17, 15) is 18.0 Å². The smallest absolute Gasteiger partial charge is 0.289 e. The number of ether oxygens (including phenoxy) is 1. The molecule has 2 atom stereocenters. The molecule has 0 aliphatic carbocycles. The van der Waals surface area contributed by atoms with E-state index in [0.29, 0.717) is 18.8 Å². The highest BCUT2D eigenvalue weighted by molar-refractivity contribution is 7.92.